The van der Waals surface area contributed by atoms with Gasteiger partial charge in [-0.05, 0) is 117 Å². The lowest BCUT2D eigenvalue weighted by Crippen LogP contribution is -2.56. The highest BCUT2D eigenvalue weighted by molar-refractivity contribution is 5.08. The lowest BCUT2D eigenvalue weighted by Gasteiger charge is -2.64. The highest BCUT2D eigenvalue weighted by atomic mass is 16.3. The summed E-state index contributed by atoms with van der Waals surface area (Å²) in [5.74, 6) is 4.82. The molecule has 4 rings (SSSR count). The topological polar surface area (TPSA) is 40.5 Å². The number of hydrogen-bond acceptors (Lipinski definition) is 2. The first-order valence-corrected chi connectivity index (χ1v) is 13.1. The van der Waals surface area contributed by atoms with Crippen LogP contribution in [-0.4, -0.2) is 22.4 Å². The summed E-state index contributed by atoms with van der Waals surface area (Å²) in [6.45, 7) is 9.56. The van der Waals surface area contributed by atoms with Crippen LogP contribution in [0, 0.1) is 46.3 Å². The molecule has 2 N–H and O–H groups in total. The number of hydrogen-bond donors (Lipinski definition) is 2. The molecule has 0 aromatic carbocycles. The fraction of sp³-hybridized carbons (Fsp3) is 1.00. The molecule has 0 spiro atoms. The molecule has 4 aliphatic rings. The Labute approximate surface area is 180 Å². The lowest BCUT2D eigenvalue weighted by atomic mass is 9.41. The van der Waals surface area contributed by atoms with Crippen LogP contribution in [0.4, 0.5) is 0 Å². The van der Waals surface area contributed by atoms with Crippen molar-refractivity contribution in [2.45, 2.75) is 123 Å². The van der Waals surface area contributed by atoms with Gasteiger partial charge in [0, 0.05) is 0 Å². The van der Waals surface area contributed by atoms with E-state index in [0.717, 1.165) is 48.9 Å². The zero-order chi connectivity index (χ0) is 20.8. The fourth-order valence-electron chi connectivity index (χ4n) is 8.93. The van der Waals surface area contributed by atoms with Crippen LogP contribution in [0.15, 0.2) is 0 Å². The van der Waals surface area contributed by atoms with E-state index in [-0.39, 0.29) is 12.2 Å². The molecule has 0 aliphatic heterocycles. The van der Waals surface area contributed by atoms with Crippen molar-refractivity contribution in [3.8, 4) is 0 Å². The average Bonchev–Trinajstić information content (AvgIpc) is 2.68. The van der Waals surface area contributed by atoms with E-state index in [1.807, 2.05) is 0 Å². The second-order valence-corrected chi connectivity index (χ2v) is 12.5. The predicted molar refractivity (Wildman–Crippen MR) is 121 cm³/mol. The van der Waals surface area contributed by atoms with Gasteiger partial charge in [0.2, 0.25) is 0 Å². The maximum absolute atomic E-state index is 10.3. The first kappa shape index (κ1) is 22.1. The van der Waals surface area contributed by atoms with E-state index in [1.54, 1.807) is 0 Å². The van der Waals surface area contributed by atoms with E-state index in [0.29, 0.717) is 16.7 Å². The summed E-state index contributed by atoms with van der Waals surface area (Å²) < 4.78 is 0. The lowest BCUT2D eigenvalue weighted by molar-refractivity contribution is -0.151. The Balaban J connectivity index is 1.45. The number of aliphatic hydroxyl groups excluding tert-OH is 2. The Morgan fingerprint density at radius 2 is 1.62 bits per heavy atom. The van der Waals surface area contributed by atoms with Gasteiger partial charge < -0.3 is 10.2 Å². The molecule has 2 nitrogen and oxygen atoms in total. The van der Waals surface area contributed by atoms with Crippen molar-refractivity contribution in [1.29, 1.82) is 0 Å². The minimum atomic E-state index is -0.116. The van der Waals surface area contributed by atoms with Crippen LogP contribution in [0.2, 0.25) is 0 Å². The molecule has 0 aromatic heterocycles. The van der Waals surface area contributed by atoms with Gasteiger partial charge in [-0.2, -0.15) is 0 Å². The SMILES string of the molecule is CC(C)C(O)CCCC1CCCC2C3CCC4CC(O)CCC4(C)C3CCC12C. The monoisotopic (exact) mass is 404 g/mol. The molecule has 0 bridgehead atoms. The zero-order valence-electron chi connectivity index (χ0n) is 19.7. The van der Waals surface area contributed by atoms with Gasteiger partial charge in [0.1, 0.15) is 0 Å². The van der Waals surface area contributed by atoms with Gasteiger partial charge in [0.25, 0.3) is 0 Å². The average molecular weight is 405 g/mol. The standard InChI is InChI=1S/C27H48O2/c1-18(2)25(29)10-6-8-19-7-5-9-23-22-12-11-20-17-21(28)13-15-27(20,4)24(22)14-16-26(19,23)3/h18-25,28-29H,5-17H2,1-4H3. The van der Waals surface area contributed by atoms with Gasteiger partial charge in [-0.15, -0.1) is 0 Å². The number of fused-ring (bicyclic) bond motifs is 5. The quantitative estimate of drug-likeness (QED) is 0.543. The Bertz CT molecular complexity index is 559. The summed E-state index contributed by atoms with van der Waals surface area (Å²) in [7, 11) is 0. The normalized spacial score (nSPS) is 48.5. The summed E-state index contributed by atoms with van der Waals surface area (Å²) in [6, 6.07) is 0. The van der Waals surface area contributed by atoms with Crippen LogP contribution in [0.5, 0.6) is 0 Å². The van der Waals surface area contributed by atoms with Crippen molar-refractivity contribution >= 4 is 0 Å². The molecule has 0 saturated heterocycles. The summed E-state index contributed by atoms with van der Waals surface area (Å²) in [5.41, 5.74) is 1.04. The van der Waals surface area contributed by atoms with Crippen molar-refractivity contribution in [3.63, 3.8) is 0 Å². The molecule has 9 atom stereocenters. The van der Waals surface area contributed by atoms with Gasteiger partial charge in [-0.3, -0.25) is 0 Å². The molecule has 0 aromatic rings. The minimum absolute atomic E-state index is 0.0290. The Kier molecular flexibility index (Phi) is 6.45. The zero-order valence-corrected chi connectivity index (χ0v) is 19.7. The Morgan fingerprint density at radius 1 is 0.897 bits per heavy atom. The summed E-state index contributed by atoms with van der Waals surface area (Å²) >= 11 is 0. The summed E-state index contributed by atoms with van der Waals surface area (Å²) in [4.78, 5) is 0. The molecule has 4 saturated carbocycles. The molecule has 4 fully saturated rings. The summed E-state index contributed by atoms with van der Waals surface area (Å²) in [6.07, 6.45) is 16.7. The molecule has 4 aliphatic carbocycles. The van der Waals surface area contributed by atoms with Gasteiger partial charge >= 0.3 is 0 Å². The molecule has 0 radical (unpaired) electrons. The molecule has 168 valence electrons. The van der Waals surface area contributed by atoms with Gasteiger partial charge in [0.15, 0.2) is 0 Å². The van der Waals surface area contributed by atoms with E-state index in [2.05, 4.69) is 27.7 Å². The van der Waals surface area contributed by atoms with E-state index >= 15 is 0 Å². The smallest absolute Gasteiger partial charge is 0.0563 e. The molecule has 0 heterocycles. The van der Waals surface area contributed by atoms with E-state index in [9.17, 15) is 10.2 Å². The van der Waals surface area contributed by atoms with Crippen molar-refractivity contribution in [1.82, 2.24) is 0 Å². The van der Waals surface area contributed by atoms with Crippen molar-refractivity contribution in [2.75, 3.05) is 0 Å². The van der Waals surface area contributed by atoms with Crippen LogP contribution >= 0.6 is 0 Å². The van der Waals surface area contributed by atoms with Crippen LogP contribution < -0.4 is 0 Å². The first-order chi connectivity index (χ1) is 13.8. The molecule has 29 heavy (non-hydrogen) atoms. The maximum Gasteiger partial charge on any atom is 0.0563 e. The Morgan fingerprint density at radius 3 is 2.38 bits per heavy atom. The third-order valence-electron chi connectivity index (χ3n) is 10.9. The maximum atomic E-state index is 10.3. The van der Waals surface area contributed by atoms with Crippen LogP contribution in [0.25, 0.3) is 0 Å². The van der Waals surface area contributed by atoms with E-state index in [1.165, 1.54) is 64.2 Å². The second kappa shape index (κ2) is 8.45. The highest BCUT2D eigenvalue weighted by Crippen LogP contribution is 2.66. The number of rotatable bonds is 5. The predicted octanol–water partition coefficient (Wildman–Crippen LogP) is 6.58. The van der Waals surface area contributed by atoms with Gasteiger partial charge in [-0.25, -0.2) is 0 Å². The number of aliphatic hydroxyl groups is 2. The van der Waals surface area contributed by atoms with Gasteiger partial charge in [-0.1, -0.05) is 40.5 Å². The Hall–Kier alpha value is -0.0800. The molecule has 2 heteroatoms. The molecular weight excluding hydrogens is 356 g/mol. The van der Waals surface area contributed by atoms with E-state index in [4.69, 9.17) is 0 Å². The van der Waals surface area contributed by atoms with Crippen molar-refractivity contribution in [2.24, 2.45) is 46.3 Å². The van der Waals surface area contributed by atoms with Crippen LogP contribution in [-0.2, 0) is 0 Å². The fourth-order valence-corrected chi connectivity index (χ4v) is 8.93. The first-order valence-electron chi connectivity index (χ1n) is 13.1. The van der Waals surface area contributed by atoms with Crippen LogP contribution in [0.1, 0.15) is 111 Å². The largest absolute Gasteiger partial charge is 0.393 e. The van der Waals surface area contributed by atoms with Crippen molar-refractivity contribution < 1.29 is 10.2 Å². The highest BCUT2D eigenvalue weighted by Gasteiger charge is 2.58. The molecule has 9 unspecified atom stereocenters. The second-order valence-electron chi connectivity index (χ2n) is 12.5. The minimum Gasteiger partial charge on any atom is -0.393 e. The van der Waals surface area contributed by atoms with Crippen LogP contribution in [0.3, 0.4) is 0 Å². The molecular formula is C27H48O2. The third kappa shape index (κ3) is 3.95. The molecule has 0 amide bonds. The van der Waals surface area contributed by atoms with Crippen molar-refractivity contribution in [3.05, 3.63) is 0 Å². The van der Waals surface area contributed by atoms with Gasteiger partial charge in [0.05, 0.1) is 12.2 Å². The van der Waals surface area contributed by atoms with E-state index < -0.39 is 0 Å². The third-order valence-corrected chi connectivity index (χ3v) is 10.9. The summed E-state index contributed by atoms with van der Waals surface area (Å²) in [5, 5.41) is 20.5.